The van der Waals surface area contributed by atoms with Gasteiger partial charge in [-0.15, -0.1) is 0 Å². The van der Waals surface area contributed by atoms with Crippen molar-refractivity contribution >= 4 is 5.91 Å². The molecule has 0 spiro atoms. The molecule has 156 valence electrons. The van der Waals surface area contributed by atoms with Crippen molar-refractivity contribution in [1.82, 2.24) is 14.9 Å². The lowest BCUT2D eigenvalue weighted by atomic mass is 10.0. The zero-order valence-corrected chi connectivity index (χ0v) is 15.9. The Kier molecular flexibility index (Phi) is 5.91. The first-order valence-corrected chi connectivity index (χ1v) is 8.94. The number of rotatable bonds is 5. The quantitative estimate of drug-likeness (QED) is 0.669. The first-order valence-electron chi connectivity index (χ1n) is 8.94. The number of halogens is 3. The van der Waals surface area contributed by atoms with Crippen LogP contribution in [0.25, 0.3) is 0 Å². The van der Waals surface area contributed by atoms with Crippen LogP contribution >= 0.6 is 0 Å². The van der Waals surface area contributed by atoms with Gasteiger partial charge < -0.3 is 10.4 Å². The number of aromatic hydroxyl groups is 1. The fourth-order valence-electron chi connectivity index (χ4n) is 2.93. The third-order valence-corrected chi connectivity index (χ3v) is 4.54. The highest BCUT2D eigenvalue weighted by atomic mass is 19.4. The molecule has 0 atom stereocenters. The summed E-state index contributed by atoms with van der Waals surface area (Å²) in [5, 5.41) is 12.6. The second kappa shape index (κ2) is 8.40. The highest BCUT2D eigenvalue weighted by molar-refractivity contribution is 5.94. The molecule has 3 rings (SSSR count). The van der Waals surface area contributed by atoms with Crippen LogP contribution in [0.5, 0.6) is 5.75 Å². The number of hydrogen-bond donors (Lipinski definition) is 2. The third-order valence-electron chi connectivity index (χ3n) is 4.54. The molecule has 0 aliphatic heterocycles. The van der Waals surface area contributed by atoms with Crippen LogP contribution in [-0.2, 0) is 26.2 Å². The van der Waals surface area contributed by atoms with Crippen molar-refractivity contribution < 1.29 is 23.1 Å². The summed E-state index contributed by atoms with van der Waals surface area (Å²) < 4.78 is 40.7. The van der Waals surface area contributed by atoms with Crippen LogP contribution in [-0.4, -0.2) is 20.6 Å². The summed E-state index contributed by atoms with van der Waals surface area (Å²) >= 11 is 0. The molecule has 0 radical (unpaired) electrons. The number of carbonyl (C=O) groups is 1. The minimum atomic E-state index is -4.58. The van der Waals surface area contributed by atoms with Crippen molar-refractivity contribution in [2.45, 2.75) is 19.1 Å². The minimum Gasteiger partial charge on any atom is -0.501 e. The Morgan fingerprint density at radius 3 is 2.40 bits per heavy atom. The van der Waals surface area contributed by atoms with E-state index in [1.807, 2.05) is 6.07 Å². The molecule has 30 heavy (non-hydrogen) atoms. The Bertz CT molecular complexity index is 1130. The number of hydrogen-bond acceptors (Lipinski definition) is 4. The molecule has 0 aliphatic rings. The van der Waals surface area contributed by atoms with E-state index in [1.54, 1.807) is 24.3 Å². The van der Waals surface area contributed by atoms with Crippen molar-refractivity contribution in [3.05, 3.63) is 93.2 Å². The Hall–Kier alpha value is -3.62. The standard InChI is InChI=1S/C21H18F3N3O3/c1-27-16(11-14-9-5-6-10-15(14)21(22,23)24)26-17(18(28)20(27)30)19(29)25-12-13-7-3-2-4-8-13/h2-10,28H,11-12H2,1H3,(H,25,29). The Morgan fingerprint density at radius 2 is 1.73 bits per heavy atom. The SMILES string of the molecule is Cn1c(Cc2ccccc2C(F)(F)F)nc(C(=O)NCc2ccccc2)c(O)c1=O. The minimum absolute atomic E-state index is 0.0839. The van der Waals surface area contributed by atoms with Crippen molar-refractivity contribution in [3.8, 4) is 5.75 Å². The van der Waals surface area contributed by atoms with Gasteiger partial charge in [-0.3, -0.25) is 14.2 Å². The second-order valence-corrected chi connectivity index (χ2v) is 6.59. The second-order valence-electron chi connectivity index (χ2n) is 6.59. The molecule has 9 heteroatoms. The van der Waals surface area contributed by atoms with Gasteiger partial charge in [-0.05, 0) is 17.2 Å². The first kappa shape index (κ1) is 21.1. The molecule has 0 aliphatic carbocycles. The van der Waals surface area contributed by atoms with Crippen molar-refractivity contribution in [2.24, 2.45) is 7.05 Å². The first-order chi connectivity index (χ1) is 14.2. The number of nitrogens with zero attached hydrogens (tertiary/aromatic N) is 2. The van der Waals surface area contributed by atoms with Crippen LogP contribution < -0.4 is 10.9 Å². The fraction of sp³-hybridized carbons (Fsp3) is 0.190. The van der Waals surface area contributed by atoms with Crippen LogP contribution in [0.4, 0.5) is 13.2 Å². The van der Waals surface area contributed by atoms with Crippen molar-refractivity contribution in [3.63, 3.8) is 0 Å². The van der Waals surface area contributed by atoms with E-state index in [2.05, 4.69) is 10.3 Å². The van der Waals surface area contributed by atoms with Gasteiger partial charge >= 0.3 is 6.18 Å². The molecule has 0 fully saturated rings. The average Bonchev–Trinajstić information content (AvgIpc) is 2.72. The molecule has 0 unspecified atom stereocenters. The lowest BCUT2D eigenvalue weighted by Gasteiger charge is -2.15. The Morgan fingerprint density at radius 1 is 1.10 bits per heavy atom. The summed E-state index contributed by atoms with van der Waals surface area (Å²) in [6.45, 7) is 0.127. The van der Waals surface area contributed by atoms with Gasteiger partial charge in [-0.25, -0.2) is 4.98 Å². The van der Waals surface area contributed by atoms with E-state index >= 15 is 0 Å². The van der Waals surface area contributed by atoms with Gasteiger partial charge in [-0.2, -0.15) is 13.2 Å². The van der Waals surface area contributed by atoms with Gasteiger partial charge in [0.15, 0.2) is 5.69 Å². The molecule has 1 amide bonds. The summed E-state index contributed by atoms with van der Waals surface area (Å²) in [5.74, 6) is -1.75. The van der Waals surface area contributed by atoms with E-state index in [-0.39, 0.29) is 24.4 Å². The lowest BCUT2D eigenvalue weighted by molar-refractivity contribution is -0.138. The van der Waals surface area contributed by atoms with E-state index < -0.39 is 34.6 Å². The Labute approximate surface area is 169 Å². The predicted molar refractivity (Wildman–Crippen MR) is 103 cm³/mol. The molecule has 3 aromatic rings. The molecule has 0 saturated heterocycles. The smallest absolute Gasteiger partial charge is 0.416 e. The van der Waals surface area contributed by atoms with Crippen LogP contribution in [0.1, 0.15) is 33.0 Å². The molecule has 2 N–H and O–H groups in total. The number of carbonyl (C=O) groups excluding carboxylic acids is 1. The maximum absolute atomic E-state index is 13.3. The normalized spacial score (nSPS) is 11.3. The average molecular weight is 417 g/mol. The van der Waals surface area contributed by atoms with Crippen LogP contribution in [0.3, 0.4) is 0 Å². The van der Waals surface area contributed by atoms with E-state index in [0.717, 1.165) is 16.2 Å². The molecule has 2 aromatic carbocycles. The maximum Gasteiger partial charge on any atom is 0.416 e. The summed E-state index contributed by atoms with van der Waals surface area (Å²) in [7, 11) is 1.27. The predicted octanol–water partition coefficient (Wildman–Crippen LogP) is 3.03. The maximum atomic E-state index is 13.3. The fourth-order valence-corrected chi connectivity index (χ4v) is 2.93. The van der Waals surface area contributed by atoms with Gasteiger partial charge in [0.25, 0.3) is 11.5 Å². The molecule has 0 saturated carbocycles. The zero-order chi connectivity index (χ0) is 21.9. The number of amides is 1. The summed E-state index contributed by atoms with van der Waals surface area (Å²) in [6.07, 6.45) is -4.93. The highest BCUT2D eigenvalue weighted by Gasteiger charge is 2.33. The van der Waals surface area contributed by atoms with Crippen molar-refractivity contribution in [2.75, 3.05) is 0 Å². The summed E-state index contributed by atoms with van der Waals surface area (Å²) in [5.41, 5.74) is -1.63. The molecule has 6 nitrogen and oxygen atoms in total. The molecular weight excluding hydrogens is 399 g/mol. The van der Waals surface area contributed by atoms with Gasteiger partial charge in [0.2, 0.25) is 5.75 Å². The van der Waals surface area contributed by atoms with Gasteiger partial charge in [0.1, 0.15) is 5.82 Å². The van der Waals surface area contributed by atoms with Crippen LogP contribution in [0, 0.1) is 0 Å². The third kappa shape index (κ3) is 4.51. The van der Waals surface area contributed by atoms with Gasteiger partial charge in [0.05, 0.1) is 5.56 Å². The van der Waals surface area contributed by atoms with E-state index in [4.69, 9.17) is 0 Å². The van der Waals surface area contributed by atoms with Gasteiger partial charge in [0, 0.05) is 20.0 Å². The number of aromatic nitrogens is 2. The van der Waals surface area contributed by atoms with Crippen molar-refractivity contribution in [1.29, 1.82) is 0 Å². The summed E-state index contributed by atoms with van der Waals surface area (Å²) in [6, 6.07) is 13.8. The van der Waals surface area contributed by atoms with Gasteiger partial charge in [-0.1, -0.05) is 48.5 Å². The van der Waals surface area contributed by atoms with E-state index in [1.165, 1.54) is 25.2 Å². The van der Waals surface area contributed by atoms with Crippen LogP contribution in [0.15, 0.2) is 59.4 Å². The molecule has 1 aromatic heterocycles. The summed E-state index contributed by atoms with van der Waals surface area (Å²) in [4.78, 5) is 28.8. The topological polar surface area (TPSA) is 84.2 Å². The highest BCUT2D eigenvalue weighted by Crippen LogP contribution is 2.32. The molecule has 1 heterocycles. The zero-order valence-electron chi connectivity index (χ0n) is 15.9. The van der Waals surface area contributed by atoms with E-state index in [0.29, 0.717) is 0 Å². The van der Waals surface area contributed by atoms with Crippen LogP contribution in [0.2, 0.25) is 0 Å². The largest absolute Gasteiger partial charge is 0.501 e. The monoisotopic (exact) mass is 417 g/mol. The number of nitrogens with one attached hydrogen (secondary N) is 1. The number of alkyl halides is 3. The molecular formula is C21H18F3N3O3. The molecule has 0 bridgehead atoms. The Balaban J connectivity index is 1.93. The van der Waals surface area contributed by atoms with E-state index in [9.17, 15) is 27.9 Å². The lowest BCUT2D eigenvalue weighted by Crippen LogP contribution is -2.30. The number of benzene rings is 2.